The summed E-state index contributed by atoms with van der Waals surface area (Å²) >= 11 is 0. The molecule has 0 aliphatic carbocycles. The largest absolute Gasteiger partial charge is 0.445 e. The van der Waals surface area contributed by atoms with Gasteiger partial charge < -0.3 is 19.7 Å². The van der Waals surface area contributed by atoms with Gasteiger partial charge in [-0.3, -0.25) is 4.79 Å². The predicted octanol–water partition coefficient (Wildman–Crippen LogP) is 2.19. The zero-order valence-corrected chi connectivity index (χ0v) is 14.4. The van der Waals surface area contributed by atoms with Gasteiger partial charge in [-0.1, -0.05) is 44.2 Å². The summed E-state index contributed by atoms with van der Waals surface area (Å²) < 4.78 is 10.5. The third-order valence-electron chi connectivity index (χ3n) is 3.83. The first-order valence-electron chi connectivity index (χ1n) is 8.40. The van der Waals surface area contributed by atoms with Gasteiger partial charge in [0, 0.05) is 13.1 Å². The number of morpholine rings is 1. The van der Waals surface area contributed by atoms with Crippen molar-refractivity contribution in [2.24, 2.45) is 5.92 Å². The Morgan fingerprint density at radius 3 is 2.50 bits per heavy atom. The van der Waals surface area contributed by atoms with Crippen molar-refractivity contribution >= 4 is 12.0 Å². The molecule has 1 fully saturated rings. The van der Waals surface area contributed by atoms with Crippen LogP contribution in [0.2, 0.25) is 0 Å². The molecule has 24 heavy (non-hydrogen) atoms. The van der Waals surface area contributed by atoms with E-state index in [1.54, 1.807) is 4.90 Å². The van der Waals surface area contributed by atoms with Gasteiger partial charge in [-0.2, -0.15) is 0 Å². The average molecular weight is 334 g/mol. The van der Waals surface area contributed by atoms with Crippen LogP contribution in [0.15, 0.2) is 30.3 Å². The van der Waals surface area contributed by atoms with Gasteiger partial charge in [-0.25, -0.2) is 4.79 Å². The maximum absolute atomic E-state index is 12.6. The van der Waals surface area contributed by atoms with Crippen LogP contribution in [-0.2, 0) is 20.9 Å². The first-order chi connectivity index (χ1) is 11.6. The summed E-state index contributed by atoms with van der Waals surface area (Å²) in [5, 5.41) is 2.72. The second-order valence-electron chi connectivity index (χ2n) is 6.33. The van der Waals surface area contributed by atoms with E-state index in [0.29, 0.717) is 32.7 Å². The van der Waals surface area contributed by atoms with Crippen LogP contribution in [0.25, 0.3) is 0 Å². The summed E-state index contributed by atoms with van der Waals surface area (Å²) in [4.78, 5) is 26.5. The second kappa shape index (κ2) is 9.27. The molecule has 1 aromatic rings. The minimum atomic E-state index is -0.564. The molecule has 0 bridgehead atoms. The Bertz CT molecular complexity index is 527. The molecule has 0 radical (unpaired) electrons. The molecular formula is C18H26N2O4. The van der Waals surface area contributed by atoms with Crippen molar-refractivity contribution in [3.8, 4) is 0 Å². The Labute approximate surface area is 143 Å². The van der Waals surface area contributed by atoms with Gasteiger partial charge in [0.1, 0.15) is 12.6 Å². The van der Waals surface area contributed by atoms with Gasteiger partial charge in [0.05, 0.1) is 13.2 Å². The molecule has 1 heterocycles. The van der Waals surface area contributed by atoms with Crippen LogP contribution in [0.4, 0.5) is 4.79 Å². The highest BCUT2D eigenvalue weighted by molar-refractivity contribution is 5.85. The Morgan fingerprint density at radius 2 is 1.88 bits per heavy atom. The normalized spacial score (nSPS) is 15.9. The first kappa shape index (κ1) is 18.3. The van der Waals surface area contributed by atoms with Crippen LogP contribution in [0.3, 0.4) is 0 Å². The number of amides is 2. The van der Waals surface area contributed by atoms with E-state index in [0.717, 1.165) is 5.56 Å². The lowest BCUT2D eigenvalue weighted by molar-refractivity contribution is -0.137. The molecule has 1 aromatic carbocycles. The number of hydrogen-bond acceptors (Lipinski definition) is 4. The molecular weight excluding hydrogens is 308 g/mol. The minimum absolute atomic E-state index is 0.0661. The van der Waals surface area contributed by atoms with Gasteiger partial charge in [0.2, 0.25) is 5.91 Å². The van der Waals surface area contributed by atoms with Crippen molar-refractivity contribution in [2.75, 3.05) is 26.3 Å². The number of benzene rings is 1. The van der Waals surface area contributed by atoms with Crippen LogP contribution in [0.1, 0.15) is 25.8 Å². The Hall–Kier alpha value is -2.08. The first-order valence-corrected chi connectivity index (χ1v) is 8.40. The fraction of sp³-hybridized carbons (Fsp3) is 0.556. The fourth-order valence-corrected chi connectivity index (χ4v) is 2.60. The van der Waals surface area contributed by atoms with E-state index in [9.17, 15) is 9.59 Å². The standard InChI is InChI=1S/C18H26N2O4/c1-14(2)12-16(17(21)20-8-10-23-11-9-20)19-18(22)24-13-15-6-4-3-5-7-15/h3-7,14,16H,8-13H2,1-2H3,(H,19,22)/t16-/m1/s1. The van der Waals surface area contributed by atoms with E-state index in [-0.39, 0.29) is 18.4 Å². The maximum atomic E-state index is 12.6. The van der Waals surface area contributed by atoms with Crippen LogP contribution in [0, 0.1) is 5.92 Å². The van der Waals surface area contributed by atoms with Crippen molar-refractivity contribution < 1.29 is 19.1 Å². The average Bonchev–Trinajstić information content (AvgIpc) is 2.60. The molecule has 1 aliphatic heterocycles. The SMILES string of the molecule is CC(C)C[C@@H](NC(=O)OCc1ccccc1)C(=O)N1CCOCC1. The molecule has 1 N–H and O–H groups in total. The number of nitrogens with one attached hydrogen (secondary N) is 1. The van der Waals surface area contributed by atoms with Gasteiger partial charge in [0.25, 0.3) is 0 Å². The van der Waals surface area contributed by atoms with E-state index >= 15 is 0 Å². The van der Waals surface area contributed by atoms with Gasteiger partial charge >= 0.3 is 6.09 Å². The van der Waals surface area contributed by atoms with Crippen LogP contribution >= 0.6 is 0 Å². The molecule has 1 saturated heterocycles. The van der Waals surface area contributed by atoms with Crippen LogP contribution in [-0.4, -0.2) is 49.2 Å². The van der Waals surface area contributed by atoms with Gasteiger partial charge in [-0.15, -0.1) is 0 Å². The summed E-state index contributed by atoms with van der Waals surface area (Å²) in [5.41, 5.74) is 0.910. The second-order valence-corrected chi connectivity index (χ2v) is 6.33. The third-order valence-corrected chi connectivity index (χ3v) is 3.83. The van der Waals surface area contributed by atoms with Gasteiger partial charge in [-0.05, 0) is 17.9 Å². The molecule has 132 valence electrons. The lowest BCUT2D eigenvalue weighted by Crippen LogP contribution is -2.52. The quantitative estimate of drug-likeness (QED) is 0.866. The zero-order chi connectivity index (χ0) is 17.4. The lowest BCUT2D eigenvalue weighted by atomic mass is 10.0. The molecule has 2 rings (SSSR count). The maximum Gasteiger partial charge on any atom is 0.408 e. The Kier molecular flexibility index (Phi) is 7.06. The van der Waals surface area contributed by atoms with Gasteiger partial charge in [0.15, 0.2) is 0 Å². The summed E-state index contributed by atoms with van der Waals surface area (Å²) in [6.07, 6.45) is 0.0162. The summed E-state index contributed by atoms with van der Waals surface area (Å²) in [6, 6.07) is 8.89. The van der Waals surface area contributed by atoms with E-state index in [1.807, 2.05) is 44.2 Å². The number of hydrogen-bond donors (Lipinski definition) is 1. The Morgan fingerprint density at radius 1 is 1.21 bits per heavy atom. The highest BCUT2D eigenvalue weighted by atomic mass is 16.5. The molecule has 0 saturated carbocycles. The van der Waals surface area contributed by atoms with Crippen molar-refractivity contribution in [3.05, 3.63) is 35.9 Å². The molecule has 6 heteroatoms. The van der Waals surface area contributed by atoms with E-state index < -0.39 is 12.1 Å². The van der Waals surface area contributed by atoms with E-state index in [2.05, 4.69) is 5.32 Å². The highest BCUT2D eigenvalue weighted by Gasteiger charge is 2.28. The van der Waals surface area contributed by atoms with Crippen molar-refractivity contribution in [2.45, 2.75) is 32.9 Å². The van der Waals surface area contributed by atoms with E-state index in [4.69, 9.17) is 9.47 Å². The topological polar surface area (TPSA) is 67.9 Å². The third kappa shape index (κ3) is 5.85. The number of rotatable bonds is 6. The molecule has 0 aromatic heterocycles. The fourth-order valence-electron chi connectivity index (χ4n) is 2.60. The molecule has 0 unspecified atom stereocenters. The number of carbonyl (C=O) groups is 2. The monoisotopic (exact) mass is 334 g/mol. The molecule has 6 nitrogen and oxygen atoms in total. The number of nitrogens with zero attached hydrogens (tertiary/aromatic N) is 1. The van der Waals surface area contributed by atoms with Crippen molar-refractivity contribution in [1.29, 1.82) is 0 Å². The van der Waals surface area contributed by atoms with Crippen molar-refractivity contribution in [3.63, 3.8) is 0 Å². The predicted molar refractivity (Wildman–Crippen MR) is 90.4 cm³/mol. The number of carbonyl (C=O) groups excluding carboxylic acids is 2. The molecule has 1 aliphatic rings. The van der Waals surface area contributed by atoms with Crippen molar-refractivity contribution in [1.82, 2.24) is 10.2 Å². The summed E-state index contributed by atoms with van der Waals surface area (Å²) in [5.74, 6) is 0.220. The van der Waals surface area contributed by atoms with Crippen LogP contribution < -0.4 is 5.32 Å². The molecule has 0 spiro atoms. The highest BCUT2D eigenvalue weighted by Crippen LogP contribution is 2.10. The lowest BCUT2D eigenvalue weighted by Gasteiger charge is -2.31. The Balaban J connectivity index is 1.89. The van der Waals surface area contributed by atoms with Crippen LogP contribution in [0.5, 0.6) is 0 Å². The van der Waals surface area contributed by atoms with E-state index in [1.165, 1.54) is 0 Å². The number of alkyl carbamates (subject to hydrolysis) is 1. The molecule has 1 atom stereocenters. The smallest absolute Gasteiger partial charge is 0.408 e. The summed E-state index contributed by atoms with van der Waals surface area (Å²) in [6.45, 7) is 6.44. The minimum Gasteiger partial charge on any atom is -0.445 e. The summed E-state index contributed by atoms with van der Waals surface area (Å²) in [7, 11) is 0. The molecule has 2 amide bonds. The number of ether oxygens (including phenoxy) is 2. The zero-order valence-electron chi connectivity index (χ0n) is 14.4.